The Morgan fingerprint density at radius 2 is 2.05 bits per heavy atom. The molecule has 3 rings (SSSR count). The molecule has 1 N–H and O–H groups in total. The highest BCUT2D eigenvalue weighted by Crippen LogP contribution is 2.30. The highest BCUT2D eigenvalue weighted by Gasteiger charge is 2.38. The summed E-state index contributed by atoms with van der Waals surface area (Å²) in [6.45, 7) is 1.64. The van der Waals surface area contributed by atoms with Gasteiger partial charge in [0, 0.05) is 23.1 Å². The first-order valence-corrected chi connectivity index (χ1v) is 9.83. The molecule has 2 fully saturated rings. The molecule has 0 aliphatic carbocycles. The number of nitrogens with one attached hydrogen (secondary N) is 1. The van der Waals surface area contributed by atoms with Gasteiger partial charge in [0.15, 0.2) is 0 Å². The quantitative estimate of drug-likeness (QED) is 0.887. The fourth-order valence-electron chi connectivity index (χ4n) is 3.43. The maximum absolute atomic E-state index is 13.0. The van der Waals surface area contributed by atoms with E-state index in [9.17, 15) is 8.42 Å². The van der Waals surface area contributed by atoms with Crippen LogP contribution >= 0.6 is 15.9 Å². The van der Waals surface area contributed by atoms with Crippen molar-refractivity contribution < 1.29 is 8.42 Å². The van der Waals surface area contributed by atoms with Crippen LogP contribution in [0.2, 0.25) is 0 Å². The number of sulfonamides is 1. The zero-order chi connectivity index (χ0) is 14.9. The first-order chi connectivity index (χ1) is 10.1. The first kappa shape index (κ1) is 15.5. The summed E-state index contributed by atoms with van der Waals surface area (Å²) < 4.78 is 28.5. The summed E-state index contributed by atoms with van der Waals surface area (Å²) in [6.07, 6.45) is 5.26. The SMILES string of the molecule is O=S(=O)(c1cccc(Br)c1)N1CCCCC1C1CCCN1. The molecule has 2 atom stereocenters. The smallest absolute Gasteiger partial charge is 0.243 e. The van der Waals surface area contributed by atoms with Gasteiger partial charge in [-0.15, -0.1) is 0 Å². The van der Waals surface area contributed by atoms with Crippen LogP contribution in [-0.4, -0.2) is 37.9 Å². The lowest BCUT2D eigenvalue weighted by Crippen LogP contribution is -2.52. The van der Waals surface area contributed by atoms with Gasteiger partial charge in [0.25, 0.3) is 0 Å². The maximum atomic E-state index is 13.0. The number of hydrogen-bond acceptors (Lipinski definition) is 3. The van der Waals surface area contributed by atoms with Crippen molar-refractivity contribution in [2.75, 3.05) is 13.1 Å². The zero-order valence-electron chi connectivity index (χ0n) is 12.0. The van der Waals surface area contributed by atoms with Crippen molar-refractivity contribution in [1.29, 1.82) is 0 Å². The van der Waals surface area contributed by atoms with Gasteiger partial charge >= 0.3 is 0 Å². The normalized spacial score (nSPS) is 27.9. The van der Waals surface area contributed by atoms with Gasteiger partial charge in [-0.2, -0.15) is 4.31 Å². The number of piperidine rings is 1. The summed E-state index contributed by atoms with van der Waals surface area (Å²) in [5, 5.41) is 3.48. The van der Waals surface area contributed by atoms with E-state index in [2.05, 4.69) is 21.2 Å². The van der Waals surface area contributed by atoms with Gasteiger partial charge in [-0.05, 0) is 50.4 Å². The topological polar surface area (TPSA) is 49.4 Å². The predicted octanol–water partition coefficient (Wildman–Crippen LogP) is 2.74. The molecule has 0 radical (unpaired) electrons. The van der Waals surface area contributed by atoms with E-state index >= 15 is 0 Å². The van der Waals surface area contributed by atoms with Crippen LogP contribution in [0.4, 0.5) is 0 Å². The monoisotopic (exact) mass is 372 g/mol. The van der Waals surface area contributed by atoms with Gasteiger partial charge < -0.3 is 5.32 Å². The lowest BCUT2D eigenvalue weighted by Gasteiger charge is -2.38. The Morgan fingerprint density at radius 3 is 2.76 bits per heavy atom. The summed E-state index contributed by atoms with van der Waals surface area (Å²) in [5.74, 6) is 0. The van der Waals surface area contributed by atoms with Crippen molar-refractivity contribution in [3.63, 3.8) is 0 Å². The van der Waals surface area contributed by atoms with Crippen molar-refractivity contribution in [2.45, 2.75) is 49.1 Å². The molecule has 1 aromatic carbocycles. The summed E-state index contributed by atoms with van der Waals surface area (Å²) in [7, 11) is -3.41. The first-order valence-electron chi connectivity index (χ1n) is 7.60. The average Bonchev–Trinajstić information content (AvgIpc) is 3.01. The van der Waals surface area contributed by atoms with Crippen molar-refractivity contribution in [3.05, 3.63) is 28.7 Å². The molecule has 0 saturated carbocycles. The van der Waals surface area contributed by atoms with Crippen LogP contribution in [0.3, 0.4) is 0 Å². The second kappa shape index (κ2) is 6.36. The number of hydrogen-bond donors (Lipinski definition) is 1. The molecule has 6 heteroatoms. The fourth-order valence-corrected chi connectivity index (χ4v) is 5.76. The van der Waals surface area contributed by atoms with Gasteiger partial charge in [0.1, 0.15) is 0 Å². The summed E-state index contributed by atoms with van der Waals surface area (Å²) >= 11 is 3.36. The molecule has 2 aliphatic heterocycles. The molecule has 0 spiro atoms. The van der Waals surface area contributed by atoms with E-state index in [4.69, 9.17) is 0 Å². The van der Waals surface area contributed by atoms with Crippen LogP contribution < -0.4 is 5.32 Å². The van der Waals surface area contributed by atoms with Gasteiger partial charge in [-0.1, -0.05) is 28.4 Å². The molecule has 0 amide bonds. The average molecular weight is 373 g/mol. The summed E-state index contributed by atoms with van der Waals surface area (Å²) in [6, 6.07) is 7.43. The third-order valence-corrected chi connectivity index (χ3v) is 6.88. The van der Waals surface area contributed by atoms with Gasteiger partial charge in [-0.25, -0.2) is 8.42 Å². The van der Waals surface area contributed by atoms with Crippen LogP contribution in [0.5, 0.6) is 0 Å². The molecule has 21 heavy (non-hydrogen) atoms. The Kier molecular flexibility index (Phi) is 4.69. The summed E-state index contributed by atoms with van der Waals surface area (Å²) in [4.78, 5) is 0.391. The third kappa shape index (κ3) is 3.18. The van der Waals surface area contributed by atoms with Crippen LogP contribution in [0.1, 0.15) is 32.1 Å². The van der Waals surface area contributed by atoms with E-state index in [1.165, 1.54) is 0 Å². The molecule has 0 bridgehead atoms. The third-order valence-electron chi connectivity index (χ3n) is 4.46. The van der Waals surface area contributed by atoms with E-state index < -0.39 is 10.0 Å². The predicted molar refractivity (Wildman–Crippen MR) is 86.7 cm³/mol. The number of rotatable bonds is 3. The molecule has 0 aromatic heterocycles. The van der Waals surface area contributed by atoms with Crippen molar-refractivity contribution in [3.8, 4) is 0 Å². The lowest BCUT2D eigenvalue weighted by atomic mass is 9.97. The fraction of sp³-hybridized carbons (Fsp3) is 0.600. The Balaban J connectivity index is 1.91. The van der Waals surface area contributed by atoms with Crippen molar-refractivity contribution in [2.24, 2.45) is 0 Å². The molecule has 1 aromatic rings. The minimum Gasteiger partial charge on any atom is -0.312 e. The molecule has 2 unspecified atom stereocenters. The van der Waals surface area contributed by atoms with Gasteiger partial charge in [0.05, 0.1) is 4.90 Å². The van der Waals surface area contributed by atoms with Gasteiger partial charge in [0.2, 0.25) is 10.0 Å². The highest BCUT2D eigenvalue weighted by molar-refractivity contribution is 9.10. The van der Waals surface area contributed by atoms with E-state index in [0.717, 1.165) is 43.1 Å². The molecule has 2 saturated heterocycles. The van der Waals surface area contributed by atoms with Crippen LogP contribution in [0, 0.1) is 0 Å². The Hall–Kier alpha value is -0.430. The second-order valence-corrected chi connectivity index (χ2v) is 8.65. The Bertz CT molecular complexity index is 599. The molecule has 116 valence electrons. The largest absolute Gasteiger partial charge is 0.312 e. The Morgan fingerprint density at radius 1 is 1.19 bits per heavy atom. The number of halogens is 1. The van der Waals surface area contributed by atoms with Gasteiger partial charge in [-0.3, -0.25) is 0 Å². The molecule has 2 aliphatic rings. The van der Waals surface area contributed by atoms with Crippen LogP contribution in [0.25, 0.3) is 0 Å². The highest BCUT2D eigenvalue weighted by atomic mass is 79.9. The Labute approximate surface area is 135 Å². The van der Waals surface area contributed by atoms with E-state index in [-0.39, 0.29) is 6.04 Å². The molecular formula is C15H21BrN2O2S. The summed E-state index contributed by atoms with van der Waals surface area (Å²) in [5.41, 5.74) is 0. The van der Waals surface area contributed by atoms with Crippen LogP contribution in [-0.2, 0) is 10.0 Å². The standard InChI is InChI=1S/C15H21BrN2O2S/c16-12-5-3-6-13(11-12)21(19,20)18-10-2-1-8-15(18)14-7-4-9-17-14/h3,5-6,11,14-15,17H,1-2,4,7-10H2. The van der Waals surface area contributed by atoms with E-state index in [1.54, 1.807) is 22.5 Å². The van der Waals surface area contributed by atoms with Crippen LogP contribution in [0.15, 0.2) is 33.6 Å². The minimum atomic E-state index is -3.41. The molecule has 2 heterocycles. The number of nitrogens with zero attached hydrogens (tertiary/aromatic N) is 1. The number of benzene rings is 1. The zero-order valence-corrected chi connectivity index (χ0v) is 14.4. The van der Waals surface area contributed by atoms with Crippen molar-refractivity contribution in [1.82, 2.24) is 9.62 Å². The second-order valence-electron chi connectivity index (χ2n) is 5.84. The van der Waals surface area contributed by atoms with E-state index in [0.29, 0.717) is 17.5 Å². The lowest BCUT2D eigenvalue weighted by molar-refractivity contribution is 0.211. The molecular weight excluding hydrogens is 352 g/mol. The maximum Gasteiger partial charge on any atom is 0.243 e. The van der Waals surface area contributed by atoms with Crippen molar-refractivity contribution >= 4 is 26.0 Å². The molecule has 4 nitrogen and oxygen atoms in total. The minimum absolute atomic E-state index is 0.102. The van der Waals surface area contributed by atoms with E-state index in [1.807, 2.05) is 6.07 Å².